The first kappa shape index (κ1) is 20.7. The Bertz CT molecular complexity index is 907. The molecule has 7 heteroatoms. The Morgan fingerprint density at radius 3 is 2.60 bits per heavy atom. The summed E-state index contributed by atoms with van der Waals surface area (Å²) in [4.78, 5) is 28.7. The molecule has 2 N–H and O–H groups in total. The summed E-state index contributed by atoms with van der Waals surface area (Å²) in [5, 5.41) is 13.2. The molecule has 2 amide bonds. The third-order valence-corrected chi connectivity index (χ3v) is 7.17. The number of carbonyl (C=O) groups is 2. The fourth-order valence-electron chi connectivity index (χ4n) is 5.27. The van der Waals surface area contributed by atoms with Gasteiger partial charge in [-0.25, -0.2) is 4.39 Å². The molecule has 30 heavy (non-hydrogen) atoms. The van der Waals surface area contributed by atoms with Crippen LogP contribution in [-0.4, -0.2) is 52.5 Å². The lowest BCUT2D eigenvalue weighted by Crippen LogP contribution is -2.63. The lowest BCUT2D eigenvalue weighted by Gasteiger charge is -2.48. The third kappa shape index (κ3) is 3.34. The minimum Gasteiger partial charge on any atom is -0.501 e. The molecule has 1 aromatic rings. The zero-order valence-corrected chi connectivity index (χ0v) is 17.9. The van der Waals surface area contributed by atoms with Gasteiger partial charge in [-0.3, -0.25) is 9.59 Å². The standard InChI is InChI=1S/C23H30FN3O3/c1-4-15-9-16(11-17(24)10-15)23(7-5-6-8-23)12-18-25-21(29)20(28)19-22(30)26(3)14(2)13-27(18)19/h9-11,14,18,28H,4-8,12-13H2,1-3H3,(H,25,29)/t14-,18?/m0/s1. The number of likely N-dealkylation sites (N-methyl/N-ethyl adjacent to an activating group) is 1. The number of amides is 2. The third-order valence-electron chi connectivity index (χ3n) is 7.17. The SMILES string of the molecule is CCc1cc(F)cc(C2(CC3NC(=O)C(O)=C4C(=O)N(C)[C@@H](C)CN43)CCCC2)c1. The summed E-state index contributed by atoms with van der Waals surface area (Å²) in [7, 11) is 1.68. The van der Waals surface area contributed by atoms with Gasteiger partial charge in [-0.2, -0.15) is 0 Å². The molecule has 1 aromatic carbocycles. The molecule has 0 bridgehead atoms. The Balaban J connectivity index is 1.72. The molecule has 2 fully saturated rings. The van der Waals surface area contributed by atoms with Gasteiger partial charge in [0, 0.05) is 19.6 Å². The maximum atomic E-state index is 14.4. The molecule has 6 nitrogen and oxygen atoms in total. The molecule has 4 rings (SSSR count). The average Bonchev–Trinajstić information content (AvgIpc) is 3.19. The molecular formula is C23H30FN3O3. The number of hydrogen-bond donors (Lipinski definition) is 2. The monoisotopic (exact) mass is 415 g/mol. The normalized spacial score (nSPS) is 26.1. The van der Waals surface area contributed by atoms with Gasteiger partial charge in [0.05, 0.1) is 0 Å². The maximum absolute atomic E-state index is 14.4. The highest BCUT2D eigenvalue weighted by Gasteiger charge is 2.47. The van der Waals surface area contributed by atoms with E-state index in [9.17, 15) is 19.1 Å². The summed E-state index contributed by atoms with van der Waals surface area (Å²) in [6, 6.07) is 5.24. The van der Waals surface area contributed by atoms with Crippen molar-refractivity contribution in [3.8, 4) is 0 Å². The van der Waals surface area contributed by atoms with Gasteiger partial charge in [-0.1, -0.05) is 25.8 Å². The van der Waals surface area contributed by atoms with Crippen LogP contribution in [0, 0.1) is 5.82 Å². The molecule has 0 radical (unpaired) electrons. The molecule has 1 saturated carbocycles. The maximum Gasteiger partial charge on any atom is 0.290 e. The number of aryl methyl sites for hydroxylation is 1. The van der Waals surface area contributed by atoms with Crippen LogP contribution in [0.2, 0.25) is 0 Å². The van der Waals surface area contributed by atoms with Crippen LogP contribution in [0.5, 0.6) is 0 Å². The number of carbonyl (C=O) groups excluding carboxylic acids is 2. The second-order valence-corrected chi connectivity index (χ2v) is 9.00. The van der Waals surface area contributed by atoms with Crippen molar-refractivity contribution in [1.29, 1.82) is 0 Å². The van der Waals surface area contributed by atoms with Crippen molar-refractivity contribution in [1.82, 2.24) is 15.1 Å². The van der Waals surface area contributed by atoms with E-state index in [4.69, 9.17) is 0 Å². The van der Waals surface area contributed by atoms with E-state index in [1.54, 1.807) is 24.1 Å². The number of piperazine rings is 1. The van der Waals surface area contributed by atoms with Gasteiger partial charge in [-0.15, -0.1) is 0 Å². The number of hydrogen-bond acceptors (Lipinski definition) is 4. The summed E-state index contributed by atoms with van der Waals surface area (Å²) in [6.07, 6.45) is 4.82. The highest BCUT2D eigenvalue weighted by atomic mass is 19.1. The lowest BCUT2D eigenvalue weighted by atomic mass is 9.74. The summed E-state index contributed by atoms with van der Waals surface area (Å²) in [5.74, 6) is -1.71. The van der Waals surface area contributed by atoms with Crippen LogP contribution in [0.15, 0.2) is 29.7 Å². The van der Waals surface area contributed by atoms with E-state index in [0.717, 1.165) is 43.2 Å². The van der Waals surface area contributed by atoms with Crippen molar-refractivity contribution in [2.75, 3.05) is 13.6 Å². The number of nitrogens with one attached hydrogen (secondary N) is 1. The molecule has 162 valence electrons. The predicted molar refractivity (Wildman–Crippen MR) is 111 cm³/mol. The molecule has 1 aliphatic carbocycles. The van der Waals surface area contributed by atoms with E-state index in [-0.39, 0.29) is 28.9 Å². The molecule has 0 spiro atoms. The molecule has 2 atom stereocenters. The zero-order chi connectivity index (χ0) is 21.6. The topological polar surface area (TPSA) is 72.9 Å². The first-order valence-electron chi connectivity index (χ1n) is 10.8. The minimum atomic E-state index is -0.621. The van der Waals surface area contributed by atoms with Crippen molar-refractivity contribution in [3.63, 3.8) is 0 Å². The number of fused-ring (bicyclic) bond motifs is 1. The van der Waals surface area contributed by atoms with E-state index in [1.807, 2.05) is 18.7 Å². The molecule has 2 aliphatic heterocycles. The second kappa shape index (κ2) is 7.60. The first-order valence-corrected chi connectivity index (χ1v) is 10.8. The minimum absolute atomic E-state index is 0.0491. The van der Waals surface area contributed by atoms with Crippen LogP contribution >= 0.6 is 0 Å². The molecule has 0 aromatic heterocycles. The number of nitrogens with zero attached hydrogens (tertiary/aromatic N) is 2. The van der Waals surface area contributed by atoms with E-state index in [1.165, 1.54) is 0 Å². The Morgan fingerprint density at radius 2 is 1.93 bits per heavy atom. The van der Waals surface area contributed by atoms with Crippen molar-refractivity contribution >= 4 is 11.8 Å². The molecule has 2 heterocycles. The largest absolute Gasteiger partial charge is 0.501 e. The smallest absolute Gasteiger partial charge is 0.290 e. The van der Waals surface area contributed by atoms with Crippen LogP contribution in [-0.2, 0) is 21.4 Å². The predicted octanol–water partition coefficient (Wildman–Crippen LogP) is 2.98. The summed E-state index contributed by atoms with van der Waals surface area (Å²) in [5.41, 5.74) is 1.74. The van der Waals surface area contributed by atoms with Gasteiger partial charge < -0.3 is 20.2 Å². The van der Waals surface area contributed by atoms with Crippen LogP contribution in [0.1, 0.15) is 57.1 Å². The van der Waals surface area contributed by atoms with Gasteiger partial charge in [0.2, 0.25) is 5.76 Å². The number of aliphatic hydroxyl groups is 1. The molecule has 1 saturated heterocycles. The van der Waals surface area contributed by atoms with Gasteiger partial charge in [0.15, 0.2) is 5.70 Å². The van der Waals surface area contributed by atoms with E-state index < -0.39 is 17.8 Å². The van der Waals surface area contributed by atoms with Crippen LogP contribution in [0.3, 0.4) is 0 Å². The highest BCUT2D eigenvalue weighted by Crippen LogP contribution is 2.46. The van der Waals surface area contributed by atoms with Crippen molar-refractivity contribution in [3.05, 3.63) is 46.6 Å². The van der Waals surface area contributed by atoms with Crippen LogP contribution < -0.4 is 5.32 Å². The zero-order valence-electron chi connectivity index (χ0n) is 17.9. The fraction of sp³-hybridized carbons (Fsp3) is 0.565. The number of halogens is 1. The number of benzene rings is 1. The van der Waals surface area contributed by atoms with E-state index >= 15 is 0 Å². The molecule has 1 unspecified atom stereocenters. The second-order valence-electron chi connectivity index (χ2n) is 9.00. The van der Waals surface area contributed by atoms with Crippen molar-refractivity contribution in [2.45, 2.75) is 70.0 Å². The quantitative estimate of drug-likeness (QED) is 0.793. The van der Waals surface area contributed by atoms with Crippen LogP contribution in [0.25, 0.3) is 0 Å². The first-order chi connectivity index (χ1) is 14.3. The Labute approximate surface area is 176 Å². The average molecular weight is 416 g/mol. The van der Waals surface area contributed by atoms with Gasteiger partial charge >= 0.3 is 0 Å². The lowest BCUT2D eigenvalue weighted by molar-refractivity contribution is -0.138. The van der Waals surface area contributed by atoms with Crippen LogP contribution in [0.4, 0.5) is 4.39 Å². The van der Waals surface area contributed by atoms with Gasteiger partial charge in [-0.05, 0) is 61.3 Å². The van der Waals surface area contributed by atoms with Crippen molar-refractivity contribution in [2.24, 2.45) is 0 Å². The van der Waals surface area contributed by atoms with Crippen molar-refractivity contribution < 1.29 is 19.1 Å². The highest BCUT2D eigenvalue weighted by molar-refractivity contribution is 6.04. The van der Waals surface area contributed by atoms with E-state index in [0.29, 0.717) is 13.0 Å². The molecule has 3 aliphatic rings. The van der Waals surface area contributed by atoms with Gasteiger partial charge in [0.25, 0.3) is 11.8 Å². The Kier molecular flexibility index (Phi) is 5.24. The Hall–Kier alpha value is -2.57. The molecular weight excluding hydrogens is 385 g/mol. The summed E-state index contributed by atoms with van der Waals surface area (Å²) >= 11 is 0. The number of rotatable bonds is 4. The van der Waals surface area contributed by atoms with E-state index in [2.05, 4.69) is 11.4 Å². The Morgan fingerprint density at radius 1 is 1.23 bits per heavy atom. The summed E-state index contributed by atoms with van der Waals surface area (Å²) < 4.78 is 14.4. The summed E-state index contributed by atoms with van der Waals surface area (Å²) in [6.45, 7) is 4.48. The number of aliphatic hydroxyl groups excluding tert-OH is 1. The van der Waals surface area contributed by atoms with Gasteiger partial charge in [0.1, 0.15) is 12.0 Å². The fourth-order valence-corrected chi connectivity index (χ4v) is 5.27.